The molecule has 0 saturated carbocycles. The van der Waals surface area contributed by atoms with E-state index < -0.39 is 4.92 Å². The Balaban J connectivity index is 2.23. The van der Waals surface area contributed by atoms with Crippen LogP contribution >= 0.6 is 0 Å². The van der Waals surface area contributed by atoms with E-state index in [0.29, 0.717) is 23.3 Å². The molecule has 0 radical (unpaired) electrons. The number of non-ortho nitro benzene ring substituents is 1. The summed E-state index contributed by atoms with van der Waals surface area (Å²) in [6.07, 6.45) is 0. The zero-order valence-corrected chi connectivity index (χ0v) is 12.6. The number of anilines is 1. The number of methoxy groups -OCH3 is 1. The van der Waals surface area contributed by atoms with Crippen LogP contribution in [-0.2, 0) is 9.53 Å². The number of fused-ring (bicyclic) bond motifs is 1. The van der Waals surface area contributed by atoms with E-state index in [1.54, 1.807) is 25.1 Å². The number of aromatic nitrogens is 1. The molecule has 1 aromatic heterocycles. The summed E-state index contributed by atoms with van der Waals surface area (Å²) in [5, 5.41) is 11.5. The van der Waals surface area contributed by atoms with Gasteiger partial charge in [0, 0.05) is 31.1 Å². The zero-order chi connectivity index (χ0) is 16.3. The Hall–Kier alpha value is -2.70. The van der Waals surface area contributed by atoms with Gasteiger partial charge in [-0.1, -0.05) is 6.92 Å². The lowest BCUT2D eigenvalue weighted by Crippen LogP contribution is -2.29. The SMILES string of the molecule is COC(=O)C(C)CN(C)c1ccc2cc([N+](=O)[O-])ccc2n1. The van der Waals surface area contributed by atoms with Crippen molar-refractivity contribution in [2.75, 3.05) is 25.6 Å². The number of carbonyl (C=O) groups is 1. The van der Waals surface area contributed by atoms with Crippen LogP contribution in [-0.4, -0.2) is 36.6 Å². The fourth-order valence-corrected chi connectivity index (χ4v) is 2.21. The van der Waals surface area contributed by atoms with Crippen LogP contribution in [0.15, 0.2) is 30.3 Å². The van der Waals surface area contributed by atoms with Crippen LogP contribution < -0.4 is 4.90 Å². The van der Waals surface area contributed by atoms with E-state index in [4.69, 9.17) is 4.74 Å². The Morgan fingerprint density at radius 2 is 2.14 bits per heavy atom. The van der Waals surface area contributed by atoms with Crippen molar-refractivity contribution in [2.24, 2.45) is 5.92 Å². The first kappa shape index (κ1) is 15.7. The molecule has 1 aromatic carbocycles. The molecule has 22 heavy (non-hydrogen) atoms. The van der Waals surface area contributed by atoms with Gasteiger partial charge < -0.3 is 9.64 Å². The molecule has 0 bridgehead atoms. The van der Waals surface area contributed by atoms with Gasteiger partial charge in [-0.05, 0) is 18.2 Å². The number of hydrogen-bond acceptors (Lipinski definition) is 6. The van der Waals surface area contributed by atoms with Gasteiger partial charge >= 0.3 is 5.97 Å². The molecule has 1 heterocycles. The van der Waals surface area contributed by atoms with Crippen LogP contribution in [0.5, 0.6) is 0 Å². The van der Waals surface area contributed by atoms with Crippen molar-refractivity contribution < 1.29 is 14.5 Å². The summed E-state index contributed by atoms with van der Waals surface area (Å²) in [4.78, 5) is 28.1. The van der Waals surface area contributed by atoms with Gasteiger partial charge in [0.05, 0.1) is 23.5 Å². The standard InChI is InChI=1S/C15H17N3O4/c1-10(15(19)22-3)9-17(2)14-7-4-11-8-12(18(20)21)5-6-13(11)16-14/h4-8,10H,9H2,1-3H3. The largest absolute Gasteiger partial charge is 0.469 e. The summed E-state index contributed by atoms with van der Waals surface area (Å²) in [6, 6.07) is 8.09. The van der Waals surface area contributed by atoms with Crippen molar-refractivity contribution >= 4 is 28.4 Å². The van der Waals surface area contributed by atoms with E-state index in [9.17, 15) is 14.9 Å². The molecule has 1 unspecified atom stereocenters. The minimum Gasteiger partial charge on any atom is -0.469 e. The number of rotatable bonds is 5. The van der Waals surface area contributed by atoms with Gasteiger partial charge in [-0.15, -0.1) is 0 Å². The number of nitrogens with zero attached hydrogens (tertiary/aromatic N) is 3. The first-order chi connectivity index (χ1) is 10.4. The summed E-state index contributed by atoms with van der Waals surface area (Å²) in [7, 11) is 3.19. The third-order valence-electron chi connectivity index (χ3n) is 3.41. The fraction of sp³-hybridized carbons (Fsp3) is 0.333. The molecule has 0 aliphatic carbocycles. The van der Waals surface area contributed by atoms with Crippen LogP contribution in [0.3, 0.4) is 0 Å². The van der Waals surface area contributed by atoms with E-state index in [0.717, 1.165) is 0 Å². The molecule has 1 atom stereocenters. The highest BCUT2D eigenvalue weighted by Gasteiger charge is 2.16. The zero-order valence-electron chi connectivity index (χ0n) is 12.6. The van der Waals surface area contributed by atoms with Crippen molar-refractivity contribution in [1.29, 1.82) is 0 Å². The third kappa shape index (κ3) is 3.30. The minimum atomic E-state index is -0.433. The fourth-order valence-electron chi connectivity index (χ4n) is 2.21. The minimum absolute atomic E-state index is 0.0368. The molecule has 0 aliphatic rings. The van der Waals surface area contributed by atoms with Crippen molar-refractivity contribution in [1.82, 2.24) is 4.98 Å². The first-order valence-electron chi connectivity index (χ1n) is 6.76. The molecule has 0 amide bonds. The molecule has 2 aromatic rings. The lowest BCUT2D eigenvalue weighted by atomic mass is 10.1. The number of pyridine rings is 1. The number of carbonyl (C=O) groups excluding carboxylic acids is 1. The highest BCUT2D eigenvalue weighted by molar-refractivity contribution is 5.82. The van der Waals surface area contributed by atoms with Crippen LogP contribution in [0.2, 0.25) is 0 Å². The Morgan fingerprint density at radius 3 is 2.77 bits per heavy atom. The molecule has 0 saturated heterocycles. The van der Waals surface area contributed by atoms with Gasteiger partial charge in [0.2, 0.25) is 0 Å². The van der Waals surface area contributed by atoms with Gasteiger partial charge in [-0.2, -0.15) is 0 Å². The highest BCUT2D eigenvalue weighted by Crippen LogP contribution is 2.22. The van der Waals surface area contributed by atoms with Gasteiger partial charge in [-0.25, -0.2) is 4.98 Å². The molecule has 0 aliphatic heterocycles. The topological polar surface area (TPSA) is 85.6 Å². The van der Waals surface area contributed by atoms with Gasteiger partial charge in [0.15, 0.2) is 0 Å². The first-order valence-corrected chi connectivity index (χ1v) is 6.76. The van der Waals surface area contributed by atoms with Crippen LogP contribution in [0.4, 0.5) is 11.5 Å². The van der Waals surface area contributed by atoms with E-state index in [1.807, 2.05) is 11.9 Å². The van der Waals surface area contributed by atoms with Crippen LogP contribution in [0.1, 0.15) is 6.92 Å². The quantitative estimate of drug-likeness (QED) is 0.479. The predicted octanol–water partition coefficient (Wildman–Crippen LogP) is 2.39. The molecule has 0 spiro atoms. The Labute approximate surface area is 127 Å². The number of esters is 1. The highest BCUT2D eigenvalue weighted by atomic mass is 16.6. The smallest absolute Gasteiger partial charge is 0.310 e. The van der Waals surface area contributed by atoms with Gasteiger partial charge in [0.25, 0.3) is 5.69 Å². The maximum absolute atomic E-state index is 11.5. The monoisotopic (exact) mass is 303 g/mol. The molecule has 116 valence electrons. The lowest BCUT2D eigenvalue weighted by molar-refractivity contribution is -0.384. The van der Waals surface area contributed by atoms with Crippen molar-refractivity contribution in [2.45, 2.75) is 6.92 Å². The summed E-state index contributed by atoms with van der Waals surface area (Å²) in [6.45, 7) is 2.25. The summed E-state index contributed by atoms with van der Waals surface area (Å²) in [5.41, 5.74) is 0.704. The van der Waals surface area contributed by atoms with Crippen LogP contribution in [0.25, 0.3) is 10.9 Å². The molecule has 0 N–H and O–H groups in total. The van der Waals surface area contributed by atoms with Gasteiger partial charge in [-0.3, -0.25) is 14.9 Å². The predicted molar refractivity (Wildman–Crippen MR) is 82.8 cm³/mol. The van der Waals surface area contributed by atoms with E-state index in [2.05, 4.69) is 4.98 Å². The Bertz CT molecular complexity index is 717. The Morgan fingerprint density at radius 1 is 1.41 bits per heavy atom. The maximum atomic E-state index is 11.5. The van der Waals surface area contributed by atoms with Crippen LogP contribution in [0, 0.1) is 16.0 Å². The average molecular weight is 303 g/mol. The van der Waals surface area contributed by atoms with Crippen molar-refractivity contribution in [3.63, 3.8) is 0 Å². The molecule has 7 nitrogen and oxygen atoms in total. The number of benzene rings is 1. The average Bonchev–Trinajstić information content (AvgIpc) is 2.52. The maximum Gasteiger partial charge on any atom is 0.310 e. The molecular weight excluding hydrogens is 286 g/mol. The molecule has 2 rings (SSSR count). The normalized spacial score (nSPS) is 12.0. The lowest BCUT2D eigenvalue weighted by Gasteiger charge is -2.21. The third-order valence-corrected chi connectivity index (χ3v) is 3.41. The summed E-state index contributed by atoms with van der Waals surface area (Å²) >= 11 is 0. The molecule has 7 heteroatoms. The number of nitro groups is 1. The van der Waals surface area contributed by atoms with Crippen molar-refractivity contribution in [3.05, 3.63) is 40.4 Å². The molecule has 0 fully saturated rings. The van der Waals surface area contributed by atoms with E-state index >= 15 is 0 Å². The van der Waals surface area contributed by atoms with E-state index in [-0.39, 0.29) is 17.6 Å². The Kier molecular flexibility index (Phi) is 4.55. The second-order valence-corrected chi connectivity index (χ2v) is 5.11. The molecular formula is C15H17N3O4. The second kappa shape index (κ2) is 6.38. The van der Waals surface area contributed by atoms with E-state index in [1.165, 1.54) is 19.2 Å². The van der Waals surface area contributed by atoms with Gasteiger partial charge in [0.1, 0.15) is 5.82 Å². The second-order valence-electron chi connectivity index (χ2n) is 5.11. The number of ether oxygens (including phenoxy) is 1. The summed E-state index contributed by atoms with van der Waals surface area (Å²) in [5.74, 6) is 0.143. The summed E-state index contributed by atoms with van der Waals surface area (Å²) < 4.78 is 4.70. The number of nitro benzene ring substituents is 1. The van der Waals surface area contributed by atoms with Crippen molar-refractivity contribution in [3.8, 4) is 0 Å². The number of hydrogen-bond donors (Lipinski definition) is 0.